The molecule has 3 unspecified atom stereocenters. The van der Waals surface area contributed by atoms with Crippen LogP contribution in [0.15, 0.2) is 134 Å². The molecule has 0 aromatic rings. The van der Waals surface area contributed by atoms with Gasteiger partial charge in [0.15, 0.2) is 0 Å². The molecule has 0 saturated carbocycles. The Labute approximate surface area is 505 Å². The second-order valence-corrected chi connectivity index (χ2v) is 24.3. The van der Waals surface area contributed by atoms with E-state index < -0.39 is 20.0 Å². The number of unbranched alkanes of at least 4 members (excludes halogenated alkanes) is 22. The van der Waals surface area contributed by atoms with Crippen LogP contribution in [0.5, 0.6) is 0 Å². The standard InChI is InChI=1S/C72H123N2O7P/c1-7-10-13-16-19-22-25-28-30-32-33-34-35-36-37-38-39-40-41-42-44-47-50-53-56-59-62-65-72(76)81-70(63-60-57-54-51-48-45-27-24-21-18-15-12-9-3)69(68-80-82(77,78)79-67-66-74(4,5)6)73-71(75)64-61-58-55-52-49-46-43-31-29-26-23-20-17-14-11-8-2/h10-11,13-14,19-20,22-23,28-31,33-34,36-37,46,49,55,58,60,63,69-70H,7-9,12,15-18,21,24-27,32,35,38-45,47-48,50-54,56-57,59,61-62,64-68H2,1-6H3,(H-,73,75,77,78)/p+1/b13-10-,14-11+,22-19-,23-20+,30-28-,31-29+,34-33-,37-36-,49-46+,58-55+,63-60-. The number of phosphoric acid groups is 1. The van der Waals surface area contributed by atoms with Crippen LogP contribution in [0.2, 0.25) is 0 Å². The van der Waals surface area contributed by atoms with E-state index >= 15 is 0 Å². The summed E-state index contributed by atoms with van der Waals surface area (Å²) in [5, 5.41) is 3.01. The van der Waals surface area contributed by atoms with E-state index in [0.29, 0.717) is 17.4 Å². The number of ether oxygens (including phenoxy) is 1. The van der Waals surface area contributed by atoms with Gasteiger partial charge in [-0.3, -0.25) is 18.6 Å². The Morgan fingerprint density at radius 2 is 0.793 bits per heavy atom. The Morgan fingerprint density at radius 3 is 1.20 bits per heavy atom. The van der Waals surface area contributed by atoms with Crippen molar-refractivity contribution in [3.05, 3.63) is 134 Å². The zero-order valence-electron chi connectivity index (χ0n) is 53.4. The highest BCUT2D eigenvalue weighted by Gasteiger charge is 2.30. The lowest BCUT2D eigenvalue weighted by atomic mass is 10.0. The van der Waals surface area contributed by atoms with Gasteiger partial charge in [-0.2, -0.15) is 0 Å². The number of allylic oxidation sites excluding steroid dienone is 21. The number of amides is 1. The molecule has 0 rings (SSSR count). The number of rotatable bonds is 58. The van der Waals surface area contributed by atoms with Crippen LogP contribution in [-0.2, 0) is 27.9 Å². The van der Waals surface area contributed by atoms with Crippen LogP contribution in [0.3, 0.4) is 0 Å². The molecule has 2 N–H and O–H groups in total. The number of carbonyl (C=O) groups excluding carboxylic acids is 2. The fourth-order valence-corrected chi connectivity index (χ4v) is 9.57. The van der Waals surface area contributed by atoms with Crippen LogP contribution in [0.25, 0.3) is 0 Å². The topological polar surface area (TPSA) is 111 Å². The van der Waals surface area contributed by atoms with Crippen LogP contribution in [-0.4, -0.2) is 74.3 Å². The Hall–Kier alpha value is -3.85. The predicted molar refractivity (Wildman–Crippen MR) is 355 cm³/mol. The summed E-state index contributed by atoms with van der Waals surface area (Å²) in [4.78, 5) is 37.8. The van der Waals surface area contributed by atoms with Crippen molar-refractivity contribution in [3.63, 3.8) is 0 Å². The van der Waals surface area contributed by atoms with Gasteiger partial charge < -0.3 is 19.4 Å². The van der Waals surface area contributed by atoms with E-state index in [4.69, 9.17) is 13.8 Å². The molecule has 1 amide bonds. The number of nitrogens with one attached hydrogen (secondary N) is 1. The highest BCUT2D eigenvalue weighted by Crippen LogP contribution is 2.43. The first-order valence-corrected chi connectivity index (χ1v) is 34.5. The first-order chi connectivity index (χ1) is 39.9. The smallest absolute Gasteiger partial charge is 0.456 e. The van der Waals surface area contributed by atoms with E-state index in [1.54, 1.807) is 0 Å². The molecular formula is C72H124N2O7P+. The molecule has 0 aromatic heterocycles. The summed E-state index contributed by atoms with van der Waals surface area (Å²) in [5.41, 5.74) is 0. The van der Waals surface area contributed by atoms with Gasteiger partial charge in [0.05, 0.1) is 33.8 Å². The molecule has 0 heterocycles. The molecule has 0 fully saturated rings. The molecule has 3 atom stereocenters. The van der Waals surface area contributed by atoms with Crippen molar-refractivity contribution in [2.75, 3.05) is 40.9 Å². The Kier molecular flexibility index (Phi) is 57.4. The third-order valence-electron chi connectivity index (χ3n) is 13.8. The van der Waals surface area contributed by atoms with Crippen molar-refractivity contribution in [3.8, 4) is 0 Å². The van der Waals surface area contributed by atoms with Gasteiger partial charge in [-0.05, 0) is 109 Å². The van der Waals surface area contributed by atoms with E-state index in [1.165, 1.54) is 103 Å². The van der Waals surface area contributed by atoms with E-state index in [9.17, 15) is 19.0 Å². The number of quaternary nitrogens is 1. The summed E-state index contributed by atoms with van der Waals surface area (Å²) in [5.74, 6) is -0.611. The number of phosphoric ester groups is 1. The summed E-state index contributed by atoms with van der Waals surface area (Å²) in [6, 6.07) is -0.898. The maximum absolute atomic E-state index is 13.5. The van der Waals surface area contributed by atoms with Gasteiger partial charge in [0.1, 0.15) is 19.3 Å². The molecule has 0 spiro atoms. The summed E-state index contributed by atoms with van der Waals surface area (Å²) in [6.45, 7) is 6.72. The molecule has 468 valence electrons. The number of esters is 1. The minimum Gasteiger partial charge on any atom is -0.456 e. The maximum atomic E-state index is 13.5. The van der Waals surface area contributed by atoms with Gasteiger partial charge >= 0.3 is 13.8 Å². The van der Waals surface area contributed by atoms with Gasteiger partial charge in [0.25, 0.3) is 0 Å². The monoisotopic (exact) mass is 1160 g/mol. The van der Waals surface area contributed by atoms with Gasteiger partial charge in [-0.15, -0.1) is 0 Å². The third-order valence-corrected chi connectivity index (χ3v) is 14.8. The average molecular weight is 1160 g/mol. The predicted octanol–water partition coefficient (Wildman–Crippen LogP) is 20.8. The van der Waals surface area contributed by atoms with Crippen LogP contribution in [0, 0.1) is 0 Å². The van der Waals surface area contributed by atoms with Crippen LogP contribution in [0.4, 0.5) is 0 Å². The molecule has 0 radical (unpaired) electrons. The molecule has 0 aromatic carbocycles. The number of hydrogen-bond donors (Lipinski definition) is 2. The summed E-state index contributed by atoms with van der Waals surface area (Å²) in [6.07, 6.45) is 86.2. The lowest BCUT2D eigenvalue weighted by molar-refractivity contribution is -0.870. The normalized spacial score (nSPS) is 14.5. The zero-order valence-corrected chi connectivity index (χ0v) is 54.3. The van der Waals surface area contributed by atoms with E-state index in [2.05, 4.69) is 142 Å². The second-order valence-electron chi connectivity index (χ2n) is 22.9. The van der Waals surface area contributed by atoms with E-state index in [1.807, 2.05) is 39.4 Å². The highest BCUT2D eigenvalue weighted by atomic mass is 31.2. The first-order valence-electron chi connectivity index (χ1n) is 33.0. The molecule has 0 aliphatic carbocycles. The SMILES string of the molecule is CC/C=C\C/C=C\C/C=C\C/C=C\C/C=C\CCCCCCCCCCCCCC(=O)OC(/C=C\CCCCCCCCCCCCC)C(COP(=O)(O)OCC[N+](C)(C)C)NC(=O)CC/C=C/C/C=C/C/C=C/C/C=C/C/C=C/CC. The van der Waals surface area contributed by atoms with Crippen molar-refractivity contribution >= 4 is 19.7 Å². The average Bonchev–Trinajstić information content (AvgIpc) is 3.45. The van der Waals surface area contributed by atoms with Crippen molar-refractivity contribution in [2.24, 2.45) is 0 Å². The minimum absolute atomic E-state index is 0.0201. The third kappa shape index (κ3) is 60.7. The first kappa shape index (κ1) is 78.1. The molecule has 10 heteroatoms. The molecular weight excluding hydrogens is 1040 g/mol. The van der Waals surface area contributed by atoms with E-state index in [-0.39, 0.29) is 37.9 Å². The largest absolute Gasteiger partial charge is 0.472 e. The van der Waals surface area contributed by atoms with Gasteiger partial charge in [0.2, 0.25) is 5.91 Å². The lowest BCUT2D eigenvalue weighted by Gasteiger charge is -2.27. The van der Waals surface area contributed by atoms with Crippen LogP contribution >= 0.6 is 7.82 Å². The van der Waals surface area contributed by atoms with Crippen LogP contribution < -0.4 is 5.32 Å². The molecule has 0 aliphatic rings. The van der Waals surface area contributed by atoms with Gasteiger partial charge in [-0.25, -0.2) is 4.57 Å². The Morgan fingerprint density at radius 1 is 0.439 bits per heavy atom. The number of carbonyl (C=O) groups is 2. The molecule has 9 nitrogen and oxygen atoms in total. The fraction of sp³-hybridized carbons (Fsp3) is 0.667. The van der Waals surface area contributed by atoms with Crippen molar-refractivity contribution in [1.29, 1.82) is 0 Å². The Bertz CT molecular complexity index is 1860. The van der Waals surface area contributed by atoms with E-state index in [0.717, 1.165) is 116 Å². The summed E-state index contributed by atoms with van der Waals surface area (Å²) < 4.78 is 30.7. The molecule has 0 aliphatic heterocycles. The lowest BCUT2D eigenvalue weighted by Crippen LogP contribution is -2.47. The van der Waals surface area contributed by atoms with Crippen LogP contribution in [0.1, 0.15) is 258 Å². The van der Waals surface area contributed by atoms with Crippen molar-refractivity contribution in [1.82, 2.24) is 5.32 Å². The molecule has 0 saturated heterocycles. The highest BCUT2D eigenvalue weighted by molar-refractivity contribution is 7.47. The zero-order chi connectivity index (χ0) is 60.0. The second kappa shape index (κ2) is 60.3. The minimum atomic E-state index is -4.48. The summed E-state index contributed by atoms with van der Waals surface area (Å²) >= 11 is 0. The van der Waals surface area contributed by atoms with Crippen molar-refractivity contribution in [2.45, 2.75) is 270 Å². The number of likely N-dealkylation sites (N-methyl/N-ethyl adjacent to an activating group) is 1. The summed E-state index contributed by atoms with van der Waals surface area (Å²) in [7, 11) is 1.43. The number of hydrogen-bond acceptors (Lipinski definition) is 6. The Balaban J connectivity index is 5.21. The van der Waals surface area contributed by atoms with Gasteiger partial charge in [0, 0.05) is 12.8 Å². The maximum Gasteiger partial charge on any atom is 0.472 e. The number of nitrogens with zero attached hydrogens (tertiary/aromatic N) is 1. The molecule has 82 heavy (non-hydrogen) atoms. The fourth-order valence-electron chi connectivity index (χ4n) is 8.84. The van der Waals surface area contributed by atoms with Gasteiger partial charge in [-0.1, -0.05) is 270 Å². The molecule has 0 bridgehead atoms. The quantitative estimate of drug-likeness (QED) is 0.0205. The van der Waals surface area contributed by atoms with Crippen molar-refractivity contribution < 1.29 is 37.3 Å².